The first-order valence-electron chi connectivity index (χ1n) is 10.7. The Morgan fingerprint density at radius 2 is 1.65 bits per heavy atom. The highest BCUT2D eigenvalue weighted by Crippen LogP contribution is 2.40. The fourth-order valence-electron chi connectivity index (χ4n) is 3.80. The fourth-order valence-corrected chi connectivity index (χ4v) is 5.05. The first-order valence-corrected chi connectivity index (χ1v) is 12.2. The molecule has 1 aliphatic rings. The second-order valence-corrected chi connectivity index (χ2v) is 9.64. The van der Waals surface area contributed by atoms with Crippen LogP contribution in [0.25, 0.3) is 0 Å². The van der Waals surface area contributed by atoms with E-state index in [1.165, 1.54) is 26.4 Å². The number of methoxy groups -OCH3 is 2. The Kier molecular flexibility index (Phi) is 6.39. The highest BCUT2D eigenvalue weighted by atomic mass is 32.2. The van der Waals surface area contributed by atoms with Gasteiger partial charge in [-0.2, -0.15) is 0 Å². The van der Waals surface area contributed by atoms with Crippen LogP contribution in [0.5, 0.6) is 17.2 Å². The average Bonchev–Trinajstić information content (AvgIpc) is 3.12. The number of ether oxygens (including phenoxy) is 3. The van der Waals surface area contributed by atoms with Gasteiger partial charge in [0.25, 0.3) is 15.9 Å². The molecule has 0 fully saturated rings. The molecule has 8 nitrogen and oxygen atoms in total. The molecule has 34 heavy (non-hydrogen) atoms. The second kappa shape index (κ2) is 9.26. The van der Waals surface area contributed by atoms with Gasteiger partial charge in [0, 0.05) is 22.9 Å². The lowest BCUT2D eigenvalue weighted by atomic mass is 9.97. The minimum atomic E-state index is -4.01. The predicted octanol–water partition coefficient (Wildman–Crippen LogP) is 4.64. The maximum absolute atomic E-state index is 13.1. The molecule has 3 aromatic rings. The minimum absolute atomic E-state index is 0.0364. The summed E-state index contributed by atoms with van der Waals surface area (Å²) in [6, 6.07) is 16.4. The van der Waals surface area contributed by atoms with Gasteiger partial charge >= 0.3 is 0 Å². The van der Waals surface area contributed by atoms with Gasteiger partial charge in [0.05, 0.1) is 19.8 Å². The van der Waals surface area contributed by atoms with Gasteiger partial charge in [-0.1, -0.05) is 19.1 Å². The number of amides is 1. The summed E-state index contributed by atoms with van der Waals surface area (Å²) in [5.74, 6) is 1.08. The lowest BCUT2D eigenvalue weighted by Crippen LogP contribution is -2.17. The maximum Gasteiger partial charge on any atom is 0.265 e. The molecule has 178 valence electrons. The predicted molar refractivity (Wildman–Crippen MR) is 130 cm³/mol. The summed E-state index contributed by atoms with van der Waals surface area (Å²) >= 11 is 0. The standard InChI is InChI=1S/C25H26N2O6S/c1-15-16(2)33-24-20(15)6-5-7-21(24)25(28)26-18-10-13-22(32-4)23(14-18)34(29,30)27-17-8-11-19(31-3)12-9-17/h5-16,27H,1-4H3,(H,26,28)/t15-,16-/m1/s1. The zero-order valence-corrected chi connectivity index (χ0v) is 20.1. The Balaban J connectivity index is 1.61. The number of benzene rings is 3. The van der Waals surface area contributed by atoms with Crippen LogP contribution in [0.3, 0.4) is 0 Å². The topological polar surface area (TPSA) is 103 Å². The molecular formula is C25H26N2O6S. The fraction of sp³-hybridized carbons (Fsp3) is 0.240. The van der Waals surface area contributed by atoms with Crippen LogP contribution in [0.1, 0.15) is 35.7 Å². The van der Waals surface area contributed by atoms with Crippen molar-refractivity contribution in [3.8, 4) is 17.2 Å². The van der Waals surface area contributed by atoms with E-state index < -0.39 is 15.9 Å². The van der Waals surface area contributed by atoms with E-state index in [1.807, 2.05) is 19.1 Å². The molecule has 2 N–H and O–H groups in total. The maximum atomic E-state index is 13.1. The SMILES string of the molecule is COc1ccc(NS(=O)(=O)c2cc(NC(=O)c3cccc4c3O[C@H](C)[C@H]4C)ccc2OC)cc1. The molecule has 0 saturated heterocycles. The summed E-state index contributed by atoms with van der Waals surface area (Å²) in [6.07, 6.45) is -0.0364. The number of anilines is 2. The number of hydrogen-bond acceptors (Lipinski definition) is 6. The molecule has 0 unspecified atom stereocenters. The van der Waals surface area contributed by atoms with Crippen molar-refractivity contribution in [1.82, 2.24) is 0 Å². The number of carbonyl (C=O) groups is 1. The van der Waals surface area contributed by atoms with Gasteiger partial charge in [-0.25, -0.2) is 8.42 Å². The number of nitrogens with one attached hydrogen (secondary N) is 2. The first-order chi connectivity index (χ1) is 16.2. The lowest BCUT2D eigenvalue weighted by molar-refractivity contribution is 0.102. The van der Waals surface area contributed by atoms with Crippen LogP contribution in [0.2, 0.25) is 0 Å². The van der Waals surface area contributed by atoms with E-state index in [9.17, 15) is 13.2 Å². The lowest BCUT2D eigenvalue weighted by Gasteiger charge is -2.14. The van der Waals surface area contributed by atoms with Crippen LogP contribution in [0.4, 0.5) is 11.4 Å². The summed E-state index contributed by atoms with van der Waals surface area (Å²) in [5.41, 5.74) is 2.03. The van der Waals surface area contributed by atoms with Gasteiger partial charge in [0.1, 0.15) is 28.2 Å². The van der Waals surface area contributed by atoms with E-state index >= 15 is 0 Å². The van der Waals surface area contributed by atoms with E-state index in [4.69, 9.17) is 14.2 Å². The zero-order chi connectivity index (χ0) is 24.5. The zero-order valence-electron chi connectivity index (χ0n) is 19.3. The third-order valence-corrected chi connectivity index (χ3v) is 7.24. The number of hydrogen-bond donors (Lipinski definition) is 2. The van der Waals surface area contributed by atoms with Crippen molar-refractivity contribution in [3.05, 3.63) is 71.8 Å². The monoisotopic (exact) mass is 482 g/mol. The van der Waals surface area contributed by atoms with E-state index in [2.05, 4.69) is 17.0 Å². The van der Waals surface area contributed by atoms with Crippen molar-refractivity contribution in [3.63, 3.8) is 0 Å². The number of para-hydroxylation sites is 1. The number of rotatable bonds is 7. The smallest absolute Gasteiger partial charge is 0.265 e. The van der Waals surface area contributed by atoms with Gasteiger partial charge in [-0.3, -0.25) is 9.52 Å². The molecule has 2 atom stereocenters. The van der Waals surface area contributed by atoms with Gasteiger partial charge in [-0.05, 0) is 55.5 Å². The number of fused-ring (bicyclic) bond motifs is 1. The van der Waals surface area contributed by atoms with Crippen molar-refractivity contribution in [2.75, 3.05) is 24.3 Å². The van der Waals surface area contributed by atoms with E-state index in [-0.39, 0.29) is 22.7 Å². The molecular weight excluding hydrogens is 456 g/mol. The Hall–Kier alpha value is -3.72. The Bertz CT molecular complexity index is 1320. The van der Waals surface area contributed by atoms with Crippen LogP contribution in [0, 0.1) is 0 Å². The second-order valence-electron chi connectivity index (χ2n) is 7.99. The summed E-state index contributed by atoms with van der Waals surface area (Å²) in [7, 11) is -1.10. The van der Waals surface area contributed by atoms with Crippen molar-refractivity contribution >= 4 is 27.3 Å². The molecule has 0 bridgehead atoms. The van der Waals surface area contributed by atoms with Crippen LogP contribution in [-0.4, -0.2) is 34.6 Å². The molecule has 0 radical (unpaired) electrons. The first kappa shape index (κ1) is 23.4. The van der Waals surface area contributed by atoms with Crippen molar-refractivity contribution in [2.45, 2.75) is 30.8 Å². The Morgan fingerprint density at radius 3 is 2.32 bits per heavy atom. The third-order valence-electron chi connectivity index (χ3n) is 5.84. The van der Waals surface area contributed by atoms with Gasteiger partial charge < -0.3 is 19.5 Å². The summed E-state index contributed by atoms with van der Waals surface area (Å²) in [6.45, 7) is 4.01. The molecule has 4 rings (SSSR count). The average molecular weight is 483 g/mol. The molecule has 0 aliphatic carbocycles. The summed E-state index contributed by atoms with van der Waals surface area (Å²) in [5, 5.41) is 2.78. The van der Waals surface area contributed by atoms with Crippen molar-refractivity contribution in [2.24, 2.45) is 0 Å². The van der Waals surface area contributed by atoms with Crippen molar-refractivity contribution < 1.29 is 27.4 Å². The highest BCUT2D eigenvalue weighted by molar-refractivity contribution is 7.92. The molecule has 1 amide bonds. The quantitative estimate of drug-likeness (QED) is 0.509. The van der Waals surface area contributed by atoms with Crippen LogP contribution >= 0.6 is 0 Å². The molecule has 3 aromatic carbocycles. The normalized spacial score (nSPS) is 16.8. The van der Waals surface area contributed by atoms with Crippen molar-refractivity contribution in [1.29, 1.82) is 0 Å². The van der Waals surface area contributed by atoms with Gasteiger partial charge in [0.15, 0.2) is 0 Å². The van der Waals surface area contributed by atoms with Crippen LogP contribution in [0.15, 0.2) is 65.6 Å². The number of sulfonamides is 1. The molecule has 1 heterocycles. The van der Waals surface area contributed by atoms with Gasteiger partial charge in [0.2, 0.25) is 0 Å². The number of carbonyl (C=O) groups excluding carboxylic acids is 1. The highest BCUT2D eigenvalue weighted by Gasteiger charge is 2.31. The molecule has 9 heteroatoms. The third kappa shape index (κ3) is 4.51. The van der Waals surface area contributed by atoms with E-state index in [0.29, 0.717) is 28.4 Å². The Labute approximate surface area is 198 Å². The van der Waals surface area contributed by atoms with Crippen LogP contribution < -0.4 is 24.2 Å². The molecule has 0 aromatic heterocycles. The largest absolute Gasteiger partial charge is 0.497 e. The van der Waals surface area contributed by atoms with E-state index in [1.54, 1.807) is 36.4 Å². The van der Waals surface area contributed by atoms with E-state index in [0.717, 1.165) is 5.56 Å². The molecule has 0 saturated carbocycles. The minimum Gasteiger partial charge on any atom is -0.497 e. The molecule has 1 aliphatic heterocycles. The van der Waals surface area contributed by atoms with Gasteiger partial charge in [-0.15, -0.1) is 0 Å². The summed E-state index contributed by atoms with van der Waals surface area (Å²) < 4.78 is 45.0. The summed E-state index contributed by atoms with van der Waals surface area (Å²) in [4.78, 5) is 12.9. The Morgan fingerprint density at radius 1 is 0.941 bits per heavy atom. The van der Waals surface area contributed by atoms with Crippen LogP contribution in [-0.2, 0) is 10.0 Å². The molecule has 0 spiro atoms.